The third-order valence-electron chi connectivity index (χ3n) is 5.00. The number of nitrogens with zero attached hydrogens (tertiary/aromatic N) is 1. The molecule has 0 amide bonds. The summed E-state index contributed by atoms with van der Waals surface area (Å²) in [5, 5.41) is 13.9. The number of rotatable bonds is 3. The lowest BCUT2D eigenvalue weighted by Crippen LogP contribution is -2.33. The number of halogens is 2. The van der Waals surface area contributed by atoms with Crippen molar-refractivity contribution in [3.63, 3.8) is 0 Å². The number of phenolic OH excluding ortho intramolecular Hbond substituents is 1. The molecule has 0 aromatic heterocycles. The van der Waals surface area contributed by atoms with Crippen LogP contribution < -0.4 is 5.32 Å². The van der Waals surface area contributed by atoms with E-state index in [4.69, 9.17) is 4.99 Å². The highest BCUT2D eigenvalue weighted by molar-refractivity contribution is 9.10. The summed E-state index contributed by atoms with van der Waals surface area (Å²) in [5.41, 5.74) is 4.89. The minimum absolute atomic E-state index is 0.108. The highest BCUT2D eigenvalue weighted by Gasteiger charge is 2.27. The zero-order valence-electron chi connectivity index (χ0n) is 15.4. The van der Waals surface area contributed by atoms with E-state index in [1.54, 1.807) is 18.2 Å². The third-order valence-corrected chi connectivity index (χ3v) is 5.61. The molecule has 0 fully saturated rings. The van der Waals surface area contributed by atoms with Crippen LogP contribution in [0.25, 0.3) is 0 Å². The number of para-hydroxylation sites is 1. The van der Waals surface area contributed by atoms with Crippen molar-refractivity contribution < 1.29 is 9.50 Å². The van der Waals surface area contributed by atoms with Crippen molar-refractivity contribution in [3.05, 3.63) is 99.3 Å². The van der Waals surface area contributed by atoms with Crippen LogP contribution in [0.1, 0.15) is 40.9 Å². The molecule has 0 spiro atoms. The molecule has 1 aliphatic rings. The molecule has 142 valence electrons. The molecule has 2 atom stereocenters. The van der Waals surface area contributed by atoms with Gasteiger partial charge in [-0.15, -0.1) is 0 Å². The SMILES string of the molecule is Cc1ccc(C2=N[C@@H](c3ccc(F)c(Br)c3)N[C@@H](c3ccccc3O)C2)cc1. The van der Waals surface area contributed by atoms with E-state index in [9.17, 15) is 9.50 Å². The minimum Gasteiger partial charge on any atom is -0.508 e. The number of phenols is 1. The number of hydrogen-bond acceptors (Lipinski definition) is 3. The van der Waals surface area contributed by atoms with Gasteiger partial charge in [0.25, 0.3) is 0 Å². The fourth-order valence-corrected chi connectivity index (χ4v) is 3.86. The van der Waals surface area contributed by atoms with Gasteiger partial charge >= 0.3 is 0 Å². The predicted molar refractivity (Wildman–Crippen MR) is 113 cm³/mol. The Balaban J connectivity index is 1.77. The molecule has 3 nitrogen and oxygen atoms in total. The van der Waals surface area contributed by atoms with E-state index < -0.39 is 0 Å². The molecule has 4 rings (SSSR count). The highest BCUT2D eigenvalue weighted by atomic mass is 79.9. The number of aliphatic imine (C=N–C) groups is 1. The van der Waals surface area contributed by atoms with Gasteiger partial charge in [0, 0.05) is 23.7 Å². The quantitative estimate of drug-likeness (QED) is 0.540. The van der Waals surface area contributed by atoms with E-state index in [0.29, 0.717) is 10.9 Å². The first-order valence-corrected chi connectivity index (χ1v) is 9.93. The van der Waals surface area contributed by atoms with Crippen molar-refractivity contribution in [3.8, 4) is 5.75 Å². The summed E-state index contributed by atoms with van der Waals surface area (Å²) in [6, 6.07) is 20.4. The summed E-state index contributed by atoms with van der Waals surface area (Å²) in [4.78, 5) is 4.91. The van der Waals surface area contributed by atoms with Gasteiger partial charge < -0.3 is 5.11 Å². The van der Waals surface area contributed by atoms with Crippen molar-refractivity contribution in [2.24, 2.45) is 4.99 Å². The largest absolute Gasteiger partial charge is 0.508 e. The minimum atomic E-state index is -0.341. The van der Waals surface area contributed by atoms with Crippen LogP contribution in [0.2, 0.25) is 0 Å². The molecule has 2 N–H and O–H groups in total. The third kappa shape index (κ3) is 3.86. The number of aryl methyl sites for hydroxylation is 1. The lowest BCUT2D eigenvalue weighted by atomic mass is 9.93. The Hall–Kier alpha value is -2.50. The van der Waals surface area contributed by atoms with E-state index in [2.05, 4.69) is 52.4 Å². The predicted octanol–water partition coefficient (Wildman–Crippen LogP) is 5.82. The van der Waals surface area contributed by atoms with Crippen molar-refractivity contribution in [2.45, 2.75) is 25.6 Å². The summed E-state index contributed by atoms with van der Waals surface area (Å²) in [6.45, 7) is 2.05. The smallest absolute Gasteiger partial charge is 0.137 e. The maximum atomic E-state index is 13.7. The molecule has 1 heterocycles. The van der Waals surface area contributed by atoms with Gasteiger partial charge in [-0.1, -0.05) is 54.1 Å². The van der Waals surface area contributed by atoms with Crippen molar-refractivity contribution >= 4 is 21.6 Å². The van der Waals surface area contributed by atoms with Gasteiger partial charge in [0.2, 0.25) is 0 Å². The molecular formula is C23H20BrFN2O. The fraction of sp³-hybridized carbons (Fsp3) is 0.174. The standard InChI is InChI=1S/C23H20BrFN2O/c1-14-6-8-15(9-7-14)20-13-21(17-4-2-3-5-22(17)28)27-23(26-20)16-10-11-19(25)18(24)12-16/h2-12,21,23,27-28H,13H2,1H3/t21-,23-/m1/s1. The molecule has 0 bridgehead atoms. The Morgan fingerprint density at radius 3 is 2.54 bits per heavy atom. The maximum Gasteiger partial charge on any atom is 0.137 e. The van der Waals surface area contributed by atoms with Crippen molar-refractivity contribution in [1.82, 2.24) is 5.32 Å². The number of nitrogens with one attached hydrogen (secondary N) is 1. The van der Waals surface area contributed by atoms with Gasteiger partial charge in [0.1, 0.15) is 17.7 Å². The molecule has 5 heteroatoms. The van der Waals surface area contributed by atoms with Crippen LogP contribution in [0.5, 0.6) is 5.75 Å². The molecule has 0 aliphatic carbocycles. The van der Waals surface area contributed by atoms with E-state index in [1.807, 2.05) is 18.2 Å². The van der Waals surface area contributed by atoms with Crippen LogP contribution in [0.4, 0.5) is 4.39 Å². The van der Waals surface area contributed by atoms with Gasteiger partial charge in [-0.3, -0.25) is 10.3 Å². The van der Waals surface area contributed by atoms with Gasteiger partial charge in [0.05, 0.1) is 4.47 Å². The Labute approximate surface area is 172 Å². The average molecular weight is 439 g/mol. The maximum absolute atomic E-state index is 13.7. The first-order valence-electron chi connectivity index (χ1n) is 9.14. The average Bonchev–Trinajstić information content (AvgIpc) is 2.70. The molecule has 28 heavy (non-hydrogen) atoms. The summed E-state index contributed by atoms with van der Waals surface area (Å²) >= 11 is 3.26. The van der Waals surface area contributed by atoms with Gasteiger partial charge in [-0.05, 0) is 52.2 Å². The van der Waals surface area contributed by atoms with Gasteiger partial charge in [-0.25, -0.2) is 4.39 Å². The van der Waals surface area contributed by atoms with E-state index >= 15 is 0 Å². The molecule has 3 aromatic rings. The Kier molecular flexibility index (Phi) is 5.29. The molecule has 0 unspecified atom stereocenters. The summed E-state index contributed by atoms with van der Waals surface area (Å²) in [6.07, 6.45) is 0.311. The molecule has 0 saturated heterocycles. The summed E-state index contributed by atoms with van der Waals surface area (Å²) in [7, 11) is 0. The Morgan fingerprint density at radius 1 is 1.07 bits per heavy atom. The second kappa shape index (κ2) is 7.86. The number of aromatic hydroxyl groups is 1. The van der Waals surface area contributed by atoms with E-state index in [-0.39, 0.29) is 23.8 Å². The zero-order valence-corrected chi connectivity index (χ0v) is 16.9. The van der Waals surface area contributed by atoms with Gasteiger partial charge in [-0.2, -0.15) is 0 Å². The van der Waals surface area contributed by atoms with E-state index in [1.165, 1.54) is 11.6 Å². The number of benzene rings is 3. The molecular weight excluding hydrogens is 419 g/mol. The number of hydrogen-bond donors (Lipinski definition) is 2. The van der Waals surface area contributed by atoms with Crippen LogP contribution >= 0.6 is 15.9 Å². The van der Waals surface area contributed by atoms with Gasteiger partial charge in [0.15, 0.2) is 0 Å². The molecule has 0 saturated carbocycles. The van der Waals surface area contributed by atoms with Crippen LogP contribution in [-0.4, -0.2) is 10.8 Å². The lowest BCUT2D eigenvalue weighted by Gasteiger charge is -2.31. The fourth-order valence-electron chi connectivity index (χ4n) is 3.46. The van der Waals surface area contributed by atoms with E-state index in [0.717, 1.165) is 22.4 Å². The van der Waals surface area contributed by atoms with Crippen LogP contribution in [-0.2, 0) is 0 Å². The van der Waals surface area contributed by atoms with Crippen LogP contribution in [0.15, 0.2) is 76.2 Å². The normalized spacial score (nSPS) is 19.3. The topological polar surface area (TPSA) is 44.6 Å². The van der Waals surface area contributed by atoms with Crippen molar-refractivity contribution in [1.29, 1.82) is 0 Å². The Morgan fingerprint density at radius 2 is 1.82 bits per heavy atom. The molecule has 3 aromatic carbocycles. The first kappa shape index (κ1) is 18.8. The summed E-state index contributed by atoms with van der Waals surface area (Å²) in [5.74, 6) is -0.0521. The summed E-state index contributed by atoms with van der Waals surface area (Å²) < 4.78 is 14.1. The molecule has 1 aliphatic heterocycles. The zero-order chi connectivity index (χ0) is 19.7. The van der Waals surface area contributed by atoms with Crippen LogP contribution in [0.3, 0.4) is 0 Å². The Bertz CT molecular complexity index is 1030. The first-order chi connectivity index (χ1) is 13.5. The molecule has 0 radical (unpaired) electrons. The van der Waals surface area contributed by atoms with Crippen molar-refractivity contribution in [2.75, 3.05) is 0 Å². The second-order valence-corrected chi connectivity index (χ2v) is 7.85. The van der Waals surface area contributed by atoms with Crippen LogP contribution in [0, 0.1) is 12.7 Å². The lowest BCUT2D eigenvalue weighted by molar-refractivity contribution is 0.412. The monoisotopic (exact) mass is 438 g/mol. The second-order valence-electron chi connectivity index (χ2n) is 7.00. The highest BCUT2D eigenvalue weighted by Crippen LogP contribution is 2.35.